The number of aromatic nitrogens is 1. The monoisotopic (exact) mass is 480 g/mol. The van der Waals surface area contributed by atoms with Crippen LogP contribution in [0.25, 0.3) is 0 Å². The van der Waals surface area contributed by atoms with Gasteiger partial charge in [-0.05, 0) is 42.5 Å². The third-order valence-corrected chi connectivity index (χ3v) is 7.37. The van der Waals surface area contributed by atoms with Crippen molar-refractivity contribution in [3.05, 3.63) is 70.4 Å². The predicted molar refractivity (Wildman–Crippen MR) is 119 cm³/mol. The highest BCUT2D eigenvalue weighted by Gasteiger charge is 2.26. The van der Waals surface area contributed by atoms with Gasteiger partial charge in [0.1, 0.15) is 5.82 Å². The Morgan fingerprint density at radius 3 is 2.45 bits per heavy atom. The van der Waals surface area contributed by atoms with Gasteiger partial charge in [0, 0.05) is 43.4 Å². The summed E-state index contributed by atoms with van der Waals surface area (Å²) in [4.78, 5) is 21.0. The van der Waals surface area contributed by atoms with Crippen LogP contribution in [0.1, 0.15) is 10.4 Å². The Balaban J connectivity index is 1.51. The van der Waals surface area contributed by atoms with E-state index in [-0.39, 0.29) is 27.1 Å². The number of halogens is 2. The average Bonchev–Trinajstić information content (AvgIpc) is 3.30. The van der Waals surface area contributed by atoms with Crippen LogP contribution in [0.15, 0.2) is 58.9 Å². The summed E-state index contributed by atoms with van der Waals surface area (Å²) in [6.45, 7) is 2.20. The van der Waals surface area contributed by atoms with Crippen LogP contribution in [-0.4, -0.2) is 50.4 Å². The van der Waals surface area contributed by atoms with E-state index in [0.29, 0.717) is 26.2 Å². The molecule has 0 saturated carbocycles. The Morgan fingerprint density at radius 1 is 1.10 bits per heavy atom. The summed E-state index contributed by atoms with van der Waals surface area (Å²) >= 11 is 7.76. The van der Waals surface area contributed by atoms with Crippen LogP contribution in [0.2, 0.25) is 5.02 Å². The van der Waals surface area contributed by atoms with Crippen LogP contribution in [0, 0.1) is 5.82 Å². The molecule has 1 amide bonds. The third-order valence-electron chi connectivity index (χ3n) is 4.83. The summed E-state index contributed by atoms with van der Waals surface area (Å²) in [6, 6.07) is 8.92. The molecule has 1 N–H and O–H groups in total. The summed E-state index contributed by atoms with van der Waals surface area (Å²) in [7, 11) is -3.99. The number of thiazole rings is 1. The lowest BCUT2D eigenvalue weighted by Gasteiger charge is -2.34. The van der Waals surface area contributed by atoms with Gasteiger partial charge in [-0.25, -0.2) is 17.8 Å². The fourth-order valence-corrected chi connectivity index (χ4v) is 5.19. The Kier molecular flexibility index (Phi) is 6.12. The first-order valence-electron chi connectivity index (χ1n) is 9.35. The van der Waals surface area contributed by atoms with Gasteiger partial charge in [-0.1, -0.05) is 11.6 Å². The standard InChI is InChI=1S/C20H18ClFN4O3S2/c21-18-6-5-16(31(28,29)24-15-3-1-14(22)2-4-15)13-17(18)19(27)25-8-10-26(11-9-25)20-23-7-12-30-20/h1-7,12-13,24H,8-11H2. The maximum absolute atomic E-state index is 13.1. The maximum atomic E-state index is 13.1. The molecule has 11 heteroatoms. The smallest absolute Gasteiger partial charge is 0.261 e. The minimum absolute atomic E-state index is 0.106. The first-order chi connectivity index (χ1) is 14.8. The highest BCUT2D eigenvalue weighted by molar-refractivity contribution is 7.92. The lowest BCUT2D eigenvalue weighted by Crippen LogP contribution is -2.48. The van der Waals surface area contributed by atoms with Gasteiger partial charge in [-0.2, -0.15) is 0 Å². The molecule has 3 aromatic rings. The molecule has 31 heavy (non-hydrogen) atoms. The number of carbonyl (C=O) groups excluding carboxylic acids is 1. The molecule has 162 valence electrons. The van der Waals surface area contributed by atoms with Crippen LogP contribution in [0.5, 0.6) is 0 Å². The fraction of sp³-hybridized carbons (Fsp3) is 0.200. The zero-order valence-electron chi connectivity index (χ0n) is 16.2. The number of piperazine rings is 1. The third kappa shape index (κ3) is 4.81. The van der Waals surface area contributed by atoms with E-state index in [0.717, 1.165) is 17.3 Å². The summed E-state index contributed by atoms with van der Waals surface area (Å²) in [5.74, 6) is -0.806. The molecule has 7 nitrogen and oxygen atoms in total. The van der Waals surface area contributed by atoms with Gasteiger partial charge >= 0.3 is 0 Å². The van der Waals surface area contributed by atoms with Crippen molar-refractivity contribution in [3.8, 4) is 0 Å². The van der Waals surface area contributed by atoms with Crippen LogP contribution in [-0.2, 0) is 10.0 Å². The first kappa shape index (κ1) is 21.5. The molecule has 4 rings (SSSR count). The molecular weight excluding hydrogens is 463 g/mol. The van der Waals surface area contributed by atoms with E-state index in [1.165, 1.54) is 41.7 Å². The molecule has 0 bridgehead atoms. The van der Waals surface area contributed by atoms with Gasteiger partial charge in [0.25, 0.3) is 15.9 Å². The number of anilines is 2. The van der Waals surface area contributed by atoms with E-state index in [1.54, 1.807) is 11.1 Å². The molecular formula is C20H18ClFN4O3S2. The number of hydrogen-bond acceptors (Lipinski definition) is 6. The highest BCUT2D eigenvalue weighted by Crippen LogP contribution is 2.25. The van der Waals surface area contributed by atoms with E-state index >= 15 is 0 Å². The highest BCUT2D eigenvalue weighted by atomic mass is 35.5. The molecule has 1 fully saturated rings. The zero-order chi connectivity index (χ0) is 22.0. The lowest BCUT2D eigenvalue weighted by atomic mass is 10.2. The number of amides is 1. The molecule has 1 saturated heterocycles. The predicted octanol–water partition coefficient (Wildman–Crippen LogP) is 3.70. The quantitative estimate of drug-likeness (QED) is 0.602. The SMILES string of the molecule is O=C(c1cc(S(=O)(=O)Nc2ccc(F)cc2)ccc1Cl)N1CCN(c2nccs2)CC1. The Hall–Kier alpha value is -2.69. The largest absolute Gasteiger partial charge is 0.345 e. The van der Waals surface area contributed by atoms with Crippen LogP contribution in [0.4, 0.5) is 15.2 Å². The number of rotatable bonds is 5. The number of carbonyl (C=O) groups is 1. The second kappa shape index (κ2) is 8.81. The average molecular weight is 481 g/mol. The van der Waals surface area contributed by atoms with E-state index in [4.69, 9.17) is 11.6 Å². The van der Waals surface area contributed by atoms with Gasteiger partial charge in [0.15, 0.2) is 5.13 Å². The molecule has 1 aliphatic heterocycles. The van der Waals surface area contributed by atoms with Crippen molar-refractivity contribution in [3.63, 3.8) is 0 Å². The van der Waals surface area contributed by atoms with E-state index in [1.807, 2.05) is 5.38 Å². The summed E-state index contributed by atoms with van der Waals surface area (Å²) < 4.78 is 40.9. The fourth-order valence-electron chi connectivity index (χ4n) is 3.21. The number of nitrogens with zero attached hydrogens (tertiary/aromatic N) is 3. The molecule has 0 radical (unpaired) electrons. The number of sulfonamides is 1. The van der Waals surface area contributed by atoms with Gasteiger partial charge in [0.05, 0.1) is 15.5 Å². The maximum Gasteiger partial charge on any atom is 0.261 e. The van der Waals surface area contributed by atoms with Crippen molar-refractivity contribution in [2.24, 2.45) is 0 Å². The normalized spacial score (nSPS) is 14.5. The van der Waals surface area contributed by atoms with E-state index in [9.17, 15) is 17.6 Å². The van der Waals surface area contributed by atoms with Gasteiger partial charge in [0.2, 0.25) is 0 Å². The van der Waals surface area contributed by atoms with Gasteiger partial charge in [-0.15, -0.1) is 11.3 Å². The molecule has 0 aliphatic carbocycles. The lowest BCUT2D eigenvalue weighted by molar-refractivity contribution is 0.0746. The number of hydrogen-bond donors (Lipinski definition) is 1. The molecule has 0 unspecified atom stereocenters. The molecule has 2 aromatic carbocycles. The topological polar surface area (TPSA) is 82.6 Å². The summed E-state index contributed by atoms with van der Waals surface area (Å²) in [6.07, 6.45) is 1.74. The zero-order valence-corrected chi connectivity index (χ0v) is 18.6. The summed E-state index contributed by atoms with van der Waals surface area (Å²) in [5, 5.41) is 2.98. The Labute approximate surface area is 188 Å². The molecule has 1 aliphatic rings. The molecule has 0 atom stereocenters. The summed E-state index contributed by atoms with van der Waals surface area (Å²) in [5.41, 5.74) is 0.328. The van der Waals surface area contributed by atoms with E-state index < -0.39 is 15.8 Å². The van der Waals surface area contributed by atoms with Crippen LogP contribution >= 0.6 is 22.9 Å². The second-order valence-corrected chi connectivity index (χ2v) is 9.81. The second-order valence-electron chi connectivity index (χ2n) is 6.85. The first-order valence-corrected chi connectivity index (χ1v) is 12.1. The van der Waals surface area contributed by atoms with Crippen molar-refractivity contribution >= 4 is 49.7 Å². The number of nitrogens with one attached hydrogen (secondary N) is 1. The Bertz CT molecular complexity index is 1180. The van der Waals surface area contributed by atoms with Crippen molar-refractivity contribution < 1.29 is 17.6 Å². The molecule has 2 heterocycles. The minimum Gasteiger partial charge on any atom is -0.345 e. The minimum atomic E-state index is -3.99. The van der Waals surface area contributed by atoms with Crippen LogP contribution < -0.4 is 9.62 Å². The van der Waals surface area contributed by atoms with Crippen molar-refractivity contribution in [2.75, 3.05) is 35.8 Å². The Morgan fingerprint density at radius 2 is 1.81 bits per heavy atom. The van der Waals surface area contributed by atoms with Crippen molar-refractivity contribution in [1.29, 1.82) is 0 Å². The molecule has 0 spiro atoms. The number of benzene rings is 2. The van der Waals surface area contributed by atoms with Gasteiger partial charge in [-0.3, -0.25) is 9.52 Å². The van der Waals surface area contributed by atoms with Crippen molar-refractivity contribution in [2.45, 2.75) is 4.90 Å². The van der Waals surface area contributed by atoms with Crippen LogP contribution in [0.3, 0.4) is 0 Å². The van der Waals surface area contributed by atoms with Gasteiger partial charge < -0.3 is 9.80 Å². The molecule has 1 aromatic heterocycles. The van der Waals surface area contributed by atoms with Crippen molar-refractivity contribution in [1.82, 2.24) is 9.88 Å². The van der Waals surface area contributed by atoms with E-state index in [2.05, 4.69) is 14.6 Å².